The summed E-state index contributed by atoms with van der Waals surface area (Å²) in [5.74, 6) is 2.04. The van der Waals surface area contributed by atoms with Crippen molar-refractivity contribution in [2.45, 2.75) is 44.6 Å². The largest absolute Gasteiger partial charge is 0.341 e. The smallest absolute Gasteiger partial charge is 0.239 e. The molecular formula is C13H22N2O. The maximum atomic E-state index is 12.3. The van der Waals surface area contributed by atoms with Crippen molar-refractivity contribution < 1.29 is 4.79 Å². The summed E-state index contributed by atoms with van der Waals surface area (Å²) in [6.07, 6.45) is 7.59. The summed E-state index contributed by atoms with van der Waals surface area (Å²) in [4.78, 5) is 14.4. The highest BCUT2D eigenvalue weighted by molar-refractivity contribution is 5.82. The molecule has 3 nitrogen and oxygen atoms in total. The molecule has 1 N–H and O–H groups in total. The Balaban J connectivity index is 1.59. The van der Waals surface area contributed by atoms with Crippen molar-refractivity contribution in [1.82, 2.24) is 10.2 Å². The normalized spacial score (nSPS) is 38.8. The van der Waals surface area contributed by atoms with E-state index in [2.05, 4.69) is 10.2 Å². The fraction of sp³-hybridized carbons (Fsp3) is 0.923. The molecule has 2 aliphatic heterocycles. The van der Waals surface area contributed by atoms with Gasteiger partial charge in [0.05, 0.1) is 6.04 Å². The van der Waals surface area contributed by atoms with Crippen molar-refractivity contribution in [3.63, 3.8) is 0 Å². The molecule has 0 aromatic heterocycles. The lowest BCUT2D eigenvalue weighted by molar-refractivity contribution is -0.133. The minimum Gasteiger partial charge on any atom is -0.341 e. The zero-order chi connectivity index (χ0) is 11.0. The Morgan fingerprint density at radius 1 is 1.00 bits per heavy atom. The van der Waals surface area contributed by atoms with E-state index < -0.39 is 0 Å². The number of likely N-dealkylation sites (tertiary alicyclic amines) is 1. The summed E-state index contributed by atoms with van der Waals surface area (Å²) in [6.45, 7) is 3.11. The number of nitrogens with zero attached hydrogens (tertiary/aromatic N) is 1. The molecule has 3 unspecified atom stereocenters. The van der Waals surface area contributed by atoms with Gasteiger partial charge in [-0.3, -0.25) is 4.79 Å². The molecular weight excluding hydrogens is 200 g/mol. The number of amides is 1. The van der Waals surface area contributed by atoms with E-state index in [4.69, 9.17) is 0 Å². The molecule has 3 fully saturated rings. The average molecular weight is 222 g/mol. The molecule has 0 radical (unpaired) electrons. The van der Waals surface area contributed by atoms with Crippen LogP contribution in [0.15, 0.2) is 0 Å². The van der Waals surface area contributed by atoms with Crippen LogP contribution >= 0.6 is 0 Å². The maximum Gasteiger partial charge on any atom is 0.239 e. The summed E-state index contributed by atoms with van der Waals surface area (Å²) in [5.41, 5.74) is 0. The molecule has 1 aliphatic carbocycles. The van der Waals surface area contributed by atoms with Crippen molar-refractivity contribution in [2.24, 2.45) is 11.8 Å². The van der Waals surface area contributed by atoms with Crippen LogP contribution in [0.3, 0.4) is 0 Å². The van der Waals surface area contributed by atoms with Crippen LogP contribution in [0.1, 0.15) is 38.5 Å². The fourth-order valence-electron chi connectivity index (χ4n) is 3.70. The van der Waals surface area contributed by atoms with Gasteiger partial charge in [0.25, 0.3) is 0 Å². The van der Waals surface area contributed by atoms with Crippen LogP contribution in [-0.4, -0.2) is 36.5 Å². The molecule has 16 heavy (non-hydrogen) atoms. The van der Waals surface area contributed by atoms with E-state index in [1.54, 1.807) is 0 Å². The van der Waals surface area contributed by atoms with E-state index in [1.807, 2.05) is 0 Å². The van der Waals surface area contributed by atoms with Gasteiger partial charge in [0.2, 0.25) is 5.91 Å². The lowest BCUT2D eigenvalue weighted by atomic mass is 10.0. The summed E-state index contributed by atoms with van der Waals surface area (Å²) in [5, 5.41) is 3.37. The lowest BCUT2D eigenvalue weighted by Crippen LogP contribution is -2.48. The molecule has 0 aromatic carbocycles. The van der Waals surface area contributed by atoms with E-state index in [0.717, 1.165) is 37.9 Å². The molecule has 0 bridgehead atoms. The Labute approximate surface area is 97.6 Å². The second-order valence-corrected chi connectivity index (χ2v) is 5.70. The van der Waals surface area contributed by atoms with Crippen LogP contribution in [-0.2, 0) is 4.79 Å². The standard InChI is InChI=1S/C13H22N2O/c16-13(12-6-1-2-7-14-12)15-8-10-4-3-5-11(10)9-15/h10-12,14H,1-9H2. The van der Waals surface area contributed by atoms with E-state index in [0.29, 0.717) is 5.91 Å². The summed E-state index contributed by atoms with van der Waals surface area (Å²) < 4.78 is 0. The molecule has 0 aromatic rings. The van der Waals surface area contributed by atoms with Crippen LogP contribution in [0.4, 0.5) is 0 Å². The van der Waals surface area contributed by atoms with Crippen LogP contribution in [0.2, 0.25) is 0 Å². The molecule has 3 rings (SSSR count). The first-order chi connectivity index (χ1) is 7.84. The van der Waals surface area contributed by atoms with Crippen LogP contribution in [0.25, 0.3) is 0 Å². The zero-order valence-corrected chi connectivity index (χ0v) is 9.95. The highest BCUT2D eigenvalue weighted by Gasteiger charge is 2.39. The first kappa shape index (κ1) is 10.6. The van der Waals surface area contributed by atoms with E-state index in [9.17, 15) is 4.79 Å². The minimum absolute atomic E-state index is 0.132. The molecule has 1 amide bonds. The zero-order valence-electron chi connectivity index (χ0n) is 9.95. The van der Waals surface area contributed by atoms with E-state index >= 15 is 0 Å². The number of carbonyl (C=O) groups is 1. The Morgan fingerprint density at radius 2 is 1.75 bits per heavy atom. The third-order valence-electron chi connectivity index (χ3n) is 4.65. The van der Waals surface area contributed by atoms with Gasteiger partial charge in [-0.1, -0.05) is 12.8 Å². The van der Waals surface area contributed by atoms with Crippen LogP contribution in [0, 0.1) is 11.8 Å². The number of rotatable bonds is 1. The van der Waals surface area contributed by atoms with Crippen molar-refractivity contribution in [3.8, 4) is 0 Å². The predicted octanol–water partition coefficient (Wildman–Crippen LogP) is 1.39. The number of hydrogen-bond donors (Lipinski definition) is 1. The van der Waals surface area contributed by atoms with Crippen molar-refractivity contribution in [1.29, 1.82) is 0 Å². The average Bonchev–Trinajstić information content (AvgIpc) is 2.89. The number of piperidine rings is 1. The van der Waals surface area contributed by atoms with Crippen molar-refractivity contribution in [2.75, 3.05) is 19.6 Å². The van der Waals surface area contributed by atoms with E-state index in [-0.39, 0.29) is 6.04 Å². The van der Waals surface area contributed by atoms with Crippen molar-refractivity contribution >= 4 is 5.91 Å². The third kappa shape index (κ3) is 1.86. The predicted molar refractivity (Wildman–Crippen MR) is 63.1 cm³/mol. The Hall–Kier alpha value is -0.570. The number of fused-ring (bicyclic) bond motifs is 1. The first-order valence-electron chi connectivity index (χ1n) is 6.87. The fourth-order valence-corrected chi connectivity index (χ4v) is 3.70. The summed E-state index contributed by atoms with van der Waals surface area (Å²) in [7, 11) is 0. The molecule has 2 heterocycles. The highest BCUT2D eigenvalue weighted by atomic mass is 16.2. The van der Waals surface area contributed by atoms with Gasteiger partial charge in [-0.2, -0.15) is 0 Å². The Kier molecular flexibility index (Phi) is 2.88. The van der Waals surface area contributed by atoms with Gasteiger partial charge in [0.15, 0.2) is 0 Å². The number of carbonyl (C=O) groups excluding carboxylic acids is 1. The van der Waals surface area contributed by atoms with Gasteiger partial charge in [-0.05, 0) is 44.1 Å². The third-order valence-corrected chi connectivity index (χ3v) is 4.65. The molecule has 2 saturated heterocycles. The topological polar surface area (TPSA) is 32.3 Å². The monoisotopic (exact) mass is 222 g/mol. The minimum atomic E-state index is 0.132. The molecule has 3 heteroatoms. The number of hydrogen-bond acceptors (Lipinski definition) is 2. The SMILES string of the molecule is O=C(C1CCCCN1)N1CC2CCCC2C1. The van der Waals surface area contributed by atoms with Crippen LogP contribution < -0.4 is 5.32 Å². The van der Waals surface area contributed by atoms with Gasteiger partial charge in [0, 0.05) is 13.1 Å². The van der Waals surface area contributed by atoms with Crippen LogP contribution in [0.5, 0.6) is 0 Å². The lowest BCUT2D eigenvalue weighted by Gasteiger charge is -2.27. The first-order valence-corrected chi connectivity index (χ1v) is 6.87. The molecule has 3 atom stereocenters. The quantitative estimate of drug-likeness (QED) is 0.727. The van der Waals surface area contributed by atoms with Gasteiger partial charge < -0.3 is 10.2 Å². The molecule has 1 saturated carbocycles. The van der Waals surface area contributed by atoms with Gasteiger partial charge in [0.1, 0.15) is 0 Å². The van der Waals surface area contributed by atoms with Gasteiger partial charge >= 0.3 is 0 Å². The summed E-state index contributed by atoms with van der Waals surface area (Å²) >= 11 is 0. The van der Waals surface area contributed by atoms with E-state index in [1.165, 1.54) is 32.1 Å². The van der Waals surface area contributed by atoms with Gasteiger partial charge in [-0.15, -0.1) is 0 Å². The second-order valence-electron chi connectivity index (χ2n) is 5.70. The molecule has 3 aliphatic rings. The molecule has 90 valence electrons. The Morgan fingerprint density at radius 3 is 2.38 bits per heavy atom. The maximum absolute atomic E-state index is 12.3. The highest BCUT2D eigenvalue weighted by Crippen LogP contribution is 2.38. The summed E-state index contributed by atoms with van der Waals surface area (Å²) in [6, 6.07) is 0.132. The van der Waals surface area contributed by atoms with Gasteiger partial charge in [-0.25, -0.2) is 0 Å². The number of nitrogens with one attached hydrogen (secondary N) is 1. The van der Waals surface area contributed by atoms with Crippen molar-refractivity contribution in [3.05, 3.63) is 0 Å². The second kappa shape index (κ2) is 4.36. The Bertz CT molecular complexity index is 261. The molecule has 0 spiro atoms.